The van der Waals surface area contributed by atoms with Crippen LogP contribution in [0.25, 0.3) is 0 Å². The van der Waals surface area contributed by atoms with Crippen molar-refractivity contribution in [2.75, 3.05) is 0 Å². The standard InChI is InChI=1S/C19H36O/c1-17-15-13-11-9-7-5-3-4-6-8-10-12-14-16-19(20)18(17)2/h17-18H,3-16H2,1-2H3. The third-order valence-electron chi connectivity index (χ3n) is 5.19. The Bertz CT molecular complexity index is 246. The van der Waals surface area contributed by atoms with E-state index in [1.54, 1.807) is 0 Å². The minimum absolute atomic E-state index is 0.283. The van der Waals surface area contributed by atoms with E-state index < -0.39 is 0 Å². The van der Waals surface area contributed by atoms with E-state index >= 15 is 0 Å². The van der Waals surface area contributed by atoms with Gasteiger partial charge in [0.05, 0.1) is 0 Å². The molecule has 0 amide bonds. The average Bonchev–Trinajstić information content (AvgIpc) is 2.45. The fourth-order valence-corrected chi connectivity index (χ4v) is 3.33. The molecule has 2 atom stereocenters. The van der Waals surface area contributed by atoms with Crippen LogP contribution in [0.2, 0.25) is 0 Å². The second-order valence-electron chi connectivity index (χ2n) is 7.01. The van der Waals surface area contributed by atoms with Gasteiger partial charge in [-0.1, -0.05) is 90.9 Å². The molecule has 0 aliphatic heterocycles. The van der Waals surface area contributed by atoms with Crippen molar-refractivity contribution in [1.29, 1.82) is 0 Å². The van der Waals surface area contributed by atoms with Crippen LogP contribution in [0.15, 0.2) is 0 Å². The molecule has 2 unspecified atom stereocenters. The third-order valence-corrected chi connectivity index (χ3v) is 5.19. The van der Waals surface area contributed by atoms with Crippen molar-refractivity contribution in [3.63, 3.8) is 0 Å². The number of carbonyl (C=O) groups excluding carboxylic acids is 1. The van der Waals surface area contributed by atoms with Crippen molar-refractivity contribution in [3.8, 4) is 0 Å². The third kappa shape index (κ3) is 8.07. The molecule has 118 valence electrons. The summed E-state index contributed by atoms with van der Waals surface area (Å²) in [7, 11) is 0. The Balaban J connectivity index is 2.32. The van der Waals surface area contributed by atoms with Gasteiger partial charge in [0, 0.05) is 12.3 Å². The first-order valence-corrected chi connectivity index (χ1v) is 9.24. The van der Waals surface area contributed by atoms with Gasteiger partial charge in [-0.15, -0.1) is 0 Å². The monoisotopic (exact) mass is 280 g/mol. The minimum atomic E-state index is 0.283. The van der Waals surface area contributed by atoms with E-state index in [2.05, 4.69) is 13.8 Å². The minimum Gasteiger partial charge on any atom is -0.299 e. The summed E-state index contributed by atoms with van der Waals surface area (Å²) < 4.78 is 0. The molecule has 1 fully saturated rings. The van der Waals surface area contributed by atoms with Crippen LogP contribution in [0.5, 0.6) is 0 Å². The van der Waals surface area contributed by atoms with Crippen molar-refractivity contribution in [2.45, 2.75) is 104 Å². The highest BCUT2D eigenvalue weighted by Gasteiger charge is 2.19. The van der Waals surface area contributed by atoms with Crippen molar-refractivity contribution in [2.24, 2.45) is 11.8 Å². The van der Waals surface area contributed by atoms with E-state index in [1.165, 1.54) is 77.0 Å². The summed E-state index contributed by atoms with van der Waals surface area (Å²) in [5, 5.41) is 0. The van der Waals surface area contributed by atoms with Crippen LogP contribution in [0, 0.1) is 11.8 Å². The van der Waals surface area contributed by atoms with Crippen molar-refractivity contribution in [3.05, 3.63) is 0 Å². The van der Waals surface area contributed by atoms with Gasteiger partial charge in [-0.05, 0) is 12.3 Å². The molecule has 0 saturated heterocycles. The Morgan fingerprint density at radius 2 is 1.05 bits per heavy atom. The SMILES string of the molecule is CC1CCCCCCCCCCCCCCC(=O)C1C. The summed E-state index contributed by atoms with van der Waals surface area (Å²) in [6, 6.07) is 0. The number of rotatable bonds is 0. The predicted molar refractivity (Wildman–Crippen MR) is 88.0 cm³/mol. The fourth-order valence-electron chi connectivity index (χ4n) is 3.33. The Morgan fingerprint density at radius 3 is 1.55 bits per heavy atom. The molecule has 1 heteroatoms. The zero-order valence-corrected chi connectivity index (χ0v) is 14.0. The Labute approximate surface area is 126 Å². The topological polar surface area (TPSA) is 17.1 Å². The highest BCUT2D eigenvalue weighted by molar-refractivity contribution is 5.80. The van der Waals surface area contributed by atoms with Crippen LogP contribution in [-0.2, 0) is 4.79 Å². The summed E-state index contributed by atoms with van der Waals surface area (Å²) in [5.41, 5.74) is 0. The molecule has 20 heavy (non-hydrogen) atoms. The van der Waals surface area contributed by atoms with Crippen molar-refractivity contribution < 1.29 is 4.79 Å². The van der Waals surface area contributed by atoms with Gasteiger partial charge in [-0.3, -0.25) is 4.79 Å². The predicted octanol–water partition coefficient (Wildman–Crippen LogP) is 6.30. The molecule has 1 saturated carbocycles. The first kappa shape index (κ1) is 17.7. The molecule has 1 rings (SSSR count). The quantitative estimate of drug-likeness (QED) is 0.508. The van der Waals surface area contributed by atoms with Crippen LogP contribution in [-0.4, -0.2) is 5.78 Å². The van der Waals surface area contributed by atoms with Gasteiger partial charge in [-0.2, -0.15) is 0 Å². The van der Waals surface area contributed by atoms with E-state index in [-0.39, 0.29) is 5.92 Å². The maximum atomic E-state index is 12.2. The van der Waals surface area contributed by atoms with Gasteiger partial charge >= 0.3 is 0 Å². The van der Waals surface area contributed by atoms with Gasteiger partial charge in [0.15, 0.2) is 0 Å². The van der Waals surface area contributed by atoms with Crippen LogP contribution in [0.4, 0.5) is 0 Å². The van der Waals surface area contributed by atoms with Crippen LogP contribution in [0.1, 0.15) is 104 Å². The average molecular weight is 280 g/mol. The lowest BCUT2D eigenvalue weighted by Crippen LogP contribution is -2.18. The summed E-state index contributed by atoms with van der Waals surface area (Å²) in [4.78, 5) is 12.2. The van der Waals surface area contributed by atoms with Crippen molar-refractivity contribution in [1.82, 2.24) is 0 Å². The number of Topliss-reactive ketones (excluding diaryl/α,β-unsaturated/α-hetero) is 1. The van der Waals surface area contributed by atoms with E-state index in [4.69, 9.17) is 0 Å². The van der Waals surface area contributed by atoms with Gasteiger partial charge in [0.1, 0.15) is 5.78 Å². The molecule has 0 N–H and O–H groups in total. The molecule has 0 aromatic heterocycles. The highest BCUT2D eigenvalue weighted by atomic mass is 16.1. The van der Waals surface area contributed by atoms with E-state index in [1.807, 2.05) is 0 Å². The molecule has 0 bridgehead atoms. The van der Waals surface area contributed by atoms with E-state index in [0.717, 1.165) is 12.8 Å². The number of hydrogen-bond acceptors (Lipinski definition) is 1. The summed E-state index contributed by atoms with van der Waals surface area (Å²) >= 11 is 0. The van der Waals surface area contributed by atoms with Crippen LogP contribution in [0.3, 0.4) is 0 Å². The van der Waals surface area contributed by atoms with Crippen LogP contribution < -0.4 is 0 Å². The first-order valence-electron chi connectivity index (χ1n) is 9.24. The largest absolute Gasteiger partial charge is 0.299 e. The molecule has 1 aliphatic rings. The van der Waals surface area contributed by atoms with E-state index in [0.29, 0.717) is 11.7 Å². The lowest BCUT2D eigenvalue weighted by Gasteiger charge is -2.18. The van der Waals surface area contributed by atoms with Crippen LogP contribution >= 0.6 is 0 Å². The second-order valence-corrected chi connectivity index (χ2v) is 7.01. The lowest BCUT2D eigenvalue weighted by atomic mass is 9.86. The normalized spacial score (nSPS) is 29.8. The summed E-state index contributed by atoms with van der Waals surface area (Å²) in [6.45, 7) is 4.43. The van der Waals surface area contributed by atoms with Gasteiger partial charge in [-0.25, -0.2) is 0 Å². The van der Waals surface area contributed by atoms with Gasteiger partial charge in [0.25, 0.3) is 0 Å². The Hall–Kier alpha value is -0.330. The van der Waals surface area contributed by atoms with Gasteiger partial charge < -0.3 is 0 Å². The van der Waals surface area contributed by atoms with E-state index in [9.17, 15) is 4.79 Å². The summed E-state index contributed by atoms with van der Waals surface area (Å²) in [6.07, 6.45) is 18.4. The molecule has 1 aliphatic carbocycles. The Kier molecular flexibility index (Phi) is 10.1. The molecule has 0 radical (unpaired) electrons. The van der Waals surface area contributed by atoms with Crippen molar-refractivity contribution >= 4 is 5.78 Å². The number of carbonyl (C=O) groups is 1. The second kappa shape index (κ2) is 11.3. The smallest absolute Gasteiger partial charge is 0.135 e. The molecule has 1 nitrogen and oxygen atoms in total. The number of hydrogen-bond donors (Lipinski definition) is 0. The fraction of sp³-hybridized carbons (Fsp3) is 0.947. The molecular weight excluding hydrogens is 244 g/mol. The van der Waals surface area contributed by atoms with Gasteiger partial charge in [0.2, 0.25) is 0 Å². The number of ketones is 1. The molecular formula is C19H36O. The molecule has 0 heterocycles. The zero-order valence-electron chi connectivity index (χ0n) is 14.0. The molecule has 0 aromatic rings. The maximum absolute atomic E-state index is 12.2. The first-order chi connectivity index (χ1) is 9.72. The molecule has 0 spiro atoms. The molecule has 0 aromatic carbocycles. The highest BCUT2D eigenvalue weighted by Crippen LogP contribution is 2.22. The summed E-state index contributed by atoms with van der Waals surface area (Å²) in [5.74, 6) is 1.38. The zero-order chi connectivity index (χ0) is 14.6. The lowest BCUT2D eigenvalue weighted by molar-refractivity contribution is -0.123. The maximum Gasteiger partial charge on any atom is 0.135 e. The Morgan fingerprint density at radius 1 is 0.650 bits per heavy atom.